The second-order valence-corrected chi connectivity index (χ2v) is 6.68. The smallest absolute Gasteiger partial charge is 0.262 e. The lowest BCUT2D eigenvalue weighted by molar-refractivity contribution is 0.102. The molecule has 0 atom stereocenters. The predicted octanol–water partition coefficient (Wildman–Crippen LogP) is 4.83. The number of para-hydroxylation sites is 1. The zero-order valence-electron chi connectivity index (χ0n) is 15.0. The summed E-state index contributed by atoms with van der Waals surface area (Å²) < 4.78 is 7.74. The van der Waals surface area contributed by atoms with E-state index in [0.29, 0.717) is 23.2 Å². The van der Waals surface area contributed by atoms with Crippen LogP contribution in [0.3, 0.4) is 0 Å². The minimum atomic E-state index is -0.258. The van der Waals surface area contributed by atoms with Crippen molar-refractivity contribution in [3.63, 3.8) is 0 Å². The summed E-state index contributed by atoms with van der Waals surface area (Å²) in [4.78, 5) is 17.1. The van der Waals surface area contributed by atoms with E-state index in [1.807, 2.05) is 41.1 Å². The summed E-state index contributed by atoms with van der Waals surface area (Å²) >= 11 is 0. The number of carbonyl (C=O) groups excluding carboxylic acids is 1. The van der Waals surface area contributed by atoms with Crippen molar-refractivity contribution in [3.8, 4) is 11.6 Å². The lowest BCUT2D eigenvalue weighted by Gasteiger charge is -2.24. The van der Waals surface area contributed by atoms with Gasteiger partial charge >= 0.3 is 0 Å². The number of ether oxygens (including phenoxy) is 1. The third kappa shape index (κ3) is 4.00. The molecule has 1 fully saturated rings. The Bertz CT molecular complexity index is 901. The molecule has 2 heterocycles. The van der Waals surface area contributed by atoms with Crippen molar-refractivity contribution in [1.29, 1.82) is 0 Å². The molecule has 1 amide bonds. The maximum absolute atomic E-state index is 12.9. The lowest BCUT2D eigenvalue weighted by atomic mass is 9.96. The van der Waals surface area contributed by atoms with Crippen LogP contribution in [-0.4, -0.2) is 20.7 Å². The molecule has 0 bridgehead atoms. The first kappa shape index (κ1) is 17.3. The SMILES string of the molecule is O=C(Nc1ccnn1C1CCCCC1)c1cccnc1Oc1ccccc1. The van der Waals surface area contributed by atoms with Crippen LogP contribution in [0.5, 0.6) is 11.6 Å². The van der Waals surface area contributed by atoms with Crippen LogP contribution in [0.2, 0.25) is 0 Å². The molecule has 27 heavy (non-hydrogen) atoms. The van der Waals surface area contributed by atoms with Crippen molar-refractivity contribution in [1.82, 2.24) is 14.8 Å². The van der Waals surface area contributed by atoms with Crippen LogP contribution in [0.1, 0.15) is 48.5 Å². The zero-order chi connectivity index (χ0) is 18.5. The molecule has 0 radical (unpaired) electrons. The Morgan fingerprint density at radius 3 is 2.63 bits per heavy atom. The summed E-state index contributed by atoms with van der Waals surface area (Å²) in [5.41, 5.74) is 0.387. The van der Waals surface area contributed by atoms with Crippen LogP contribution in [0.15, 0.2) is 60.9 Å². The van der Waals surface area contributed by atoms with Gasteiger partial charge in [0.05, 0.1) is 12.2 Å². The number of hydrogen-bond acceptors (Lipinski definition) is 4. The Balaban J connectivity index is 1.53. The second-order valence-electron chi connectivity index (χ2n) is 6.68. The minimum absolute atomic E-state index is 0.258. The Hall–Kier alpha value is -3.15. The van der Waals surface area contributed by atoms with Gasteiger partial charge in [0, 0.05) is 12.3 Å². The van der Waals surface area contributed by atoms with Crippen LogP contribution in [-0.2, 0) is 0 Å². The van der Waals surface area contributed by atoms with Gasteiger partial charge in [-0.05, 0) is 37.1 Å². The van der Waals surface area contributed by atoms with Crippen molar-refractivity contribution >= 4 is 11.7 Å². The maximum atomic E-state index is 12.9. The number of amides is 1. The molecule has 4 rings (SSSR count). The summed E-state index contributed by atoms with van der Waals surface area (Å²) in [7, 11) is 0. The Labute approximate surface area is 158 Å². The number of carbonyl (C=O) groups is 1. The number of benzene rings is 1. The van der Waals surface area contributed by atoms with Crippen LogP contribution < -0.4 is 10.1 Å². The number of anilines is 1. The normalized spacial score (nSPS) is 14.7. The molecule has 3 aromatic rings. The van der Waals surface area contributed by atoms with Gasteiger partial charge in [-0.15, -0.1) is 0 Å². The van der Waals surface area contributed by atoms with Gasteiger partial charge in [-0.3, -0.25) is 4.79 Å². The summed E-state index contributed by atoms with van der Waals surface area (Å²) in [5.74, 6) is 1.37. The molecular weight excluding hydrogens is 340 g/mol. The molecule has 6 nitrogen and oxygen atoms in total. The highest BCUT2D eigenvalue weighted by atomic mass is 16.5. The number of aromatic nitrogens is 3. The lowest BCUT2D eigenvalue weighted by Crippen LogP contribution is -2.20. The summed E-state index contributed by atoms with van der Waals surface area (Å²) in [6.45, 7) is 0. The Morgan fingerprint density at radius 2 is 1.81 bits per heavy atom. The van der Waals surface area contributed by atoms with Crippen molar-refractivity contribution in [2.24, 2.45) is 0 Å². The van der Waals surface area contributed by atoms with Gasteiger partial charge in [-0.25, -0.2) is 9.67 Å². The minimum Gasteiger partial charge on any atom is -0.438 e. The number of nitrogens with zero attached hydrogens (tertiary/aromatic N) is 3. The molecule has 1 N–H and O–H groups in total. The first-order chi connectivity index (χ1) is 13.3. The standard InChI is InChI=1S/C21H22N4O2/c26-20(24-19-13-15-23-25(19)16-8-3-1-4-9-16)18-12-7-14-22-21(18)27-17-10-5-2-6-11-17/h2,5-7,10-16H,1,3-4,8-9H2,(H,24,26). The van der Waals surface area contributed by atoms with E-state index >= 15 is 0 Å². The fourth-order valence-electron chi connectivity index (χ4n) is 3.46. The highest BCUT2D eigenvalue weighted by Crippen LogP contribution is 2.30. The molecule has 1 saturated carbocycles. The van der Waals surface area contributed by atoms with E-state index in [4.69, 9.17) is 4.74 Å². The van der Waals surface area contributed by atoms with Gasteiger partial charge in [-0.1, -0.05) is 37.5 Å². The van der Waals surface area contributed by atoms with E-state index in [1.165, 1.54) is 19.3 Å². The summed E-state index contributed by atoms with van der Waals surface area (Å²) in [6, 6.07) is 14.9. The average Bonchev–Trinajstić information content (AvgIpc) is 3.18. The molecular formula is C21H22N4O2. The molecule has 0 saturated heterocycles. The molecule has 0 unspecified atom stereocenters. The largest absolute Gasteiger partial charge is 0.438 e. The van der Waals surface area contributed by atoms with Crippen LogP contribution in [0.25, 0.3) is 0 Å². The van der Waals surface area contributed by atoms with E-state index in [2.05, 4.69) is 15.4 Å². The molecule has 1 aliphatic rings. The third-order valence-corrected chi connectivity index (χ3v) is 4.81. The number of rotatable bonds is 5. The molecule has 2 aromatic heterocycles. The fourth-order valence-corrected chi connectivity index (χ4v) is 3.46. The monoisotopic (exact) mass is 362 g/mol. The van der Waals surface area contributed by atoms with E-state index in [0.717, 1.165) is 12.8 Å². The highest BCUT2D eigenvalue weighted by molar-refractivity contribution is 6.05. The van der Waals surface area contributed by atoms with Crippen LogP contribution in [0.4, 0.5) is 5.82 Å². The maximum Gasteiger partial charge on any atom is 0.262 e. The van der Waals surface area contributed by atoms with Crippen molar-refractivity contribution in [3.05, 3.63) is 66.5 Å². The van der Waals surface area contributed by atoms with E-state index in [1.54, 1.807) is 24.5 Å². The quantitative estimate of drug-likeness (QED) is 0.706. The molecule has 1 aromatic carbocycles. The molecule has 0 spiro atoms. The topological polar surface area (TPSA) is 69.0 Å². The van der Waals surface area contributed by atoms with Crippen LogP contribution in [0, 0.1) is 0 Å². The average molecular weight is 362 g/mol. The first-order valence-electron chi connectivity index (χ1n) is 9.34. The van der Waals surface area contributed by atoms with Crippen molar-refractivity contribution < 1.29 is 9.53 Å². The molecule has 6 heteroatoms. The molecule has 1 aliphatic carbocycles. The number of nitrogens with one attached hydrogen (secondary N) is 1. The van der Waals surface area contributed by atoms with Crippen molar-refractivity contribution in [2.75, 3.05) is 5.32 Å². The summed E-state index contributed by atoms with van der Waals surface area (Å²) in [6.07, 6.45) is 9.22. The van der Waals surface area contributed by atoms with E-state index < -0.39 is 0 Å². The second kappa shape index (κ2) is 8.03. The van der Waals surface area contributed by atoms with E-state index in [9.17, 15) is 4.79 Å². The fraction of sp³-hybridized carbons (Fsp3) is 0.286. The molecule has 0 aliphatic heterocycles. The van der Waals surface area contributed by atoms with Crippen molar-refractivity contribution in [2.45, 2.75) is 38.1 Å². The Morgan fingerprint density at radius 1 is 1.00 bits per heavy atom. The third-order valence-electron chi connectivity index (χ3n) is 4.81. The van der Waals surface area contributed by atoms with Gasteiger partial charge in [0.1, 0.15) is 17.1 Å². The van der Waals surface area contributed by atoms with Gasteiger partial charge in [-0.2, -0.15) is 5.10 Å². The first-order valence-corrected chi connectivity index (χ1v) is 9.34. The molecule has 138 valence electrons. The van der Waals surface area contributed by atoms with E-state index in [-0.39, 0.29) is 11.8 Å². The number of hydrogen-bond donors (Lipinski definition) is 1. The highest BCUT2D eigenvalue weighted by Gasteiger charge is 2.21. The van der Waals surface area contributed by atoms with Gasteiger partial charge in [0.15, 0.2) is 0 Å². The van der Waals surface area contributed by atoms with Gasteiger partial charge in [0.25, 0.3) is 5.91 Å². The zero-order valence-corrected chi connectivity index (χ0v) is 15.0. The number of pyridine rings is 1. The van der Waals surface area contributed by atoms with Gasteiger partial charge < -0.3 is 10.1 Å². The van der Waals surface area contributed by atoms with Crippen LogP contribution >= 0.6 is 0 Å². The summed E-state index contributed by atoms with van der Waals surface area (Å²) in [5, 5.41) is 7.40. The van der Waals surface area contributed by atoms with Gasteiger partial charge in [0.2, 0.25) is 5.88 Å². The predicted molar refractivity (Wildman–Crippen MR) is 103 cm³/mol. The Kier molecular flexibility index (Phi) is 5.14.